The van der Waals surface area contributed by atoms with E-state index in [1.165, 1.54) is 12.1 Å². The first-order valence-corrected chi connectivity index (χ1v) is 9.61. The van der Waals surface area contributed by atoms with Crippen LogP contribution in [0.25, 0.3) is 0 Å². The van der Waals surface area contributed by atoms with Crippen LogP contribution in [0, 0.1) is 0 Å². The Hall–Kier alpha value is -1.89. The standard InChI is InChI=1S/C18H21ClN2O3S/c1-18(2,3)13-8-4-6-10-15(13)21-17(22)12-20-25(23,24)16-11-7-5-9-14(16)19/h4-11,20H,12H2,1-3H3,(H,21,22). The first-order chi connectivity index (χ1) is 11.6. The van der Waals surface area contributed by atoms with Gasteiger partial charge < -0.3 is 5.32 Å². The number of amides is 1. The summed E-state index contributed by atoms with van der Waals surface area (Å²) in [6, 6.07) is 13.5. The highest BCUT2D eigenvalue weighted by Gasteiger charge is 2.21. The number of rotatable bonds is 5. The third-order valence-corrected chi connectivity index (χ3v) is 5.46. The molecule has 0 unspecified atom stereocenters. The number of halogens is 1. The molecular formula is C18H21ClN2O3S. The number of benzene rings is 2. The van der Waals surface area contributed by atoms with Crippen LogP contribution in [0.1, 0.15) is 26.3 Å². The molecule has 1 amide bonds. The van der Waals surface area contributed by atoms with E-state index in [0.717, 1.165) is 5.56 Å². The number of para-hydroxylation sites is 1. The minimum absolute atomic E-state index is 0.0560. The summed E-state index contributed by atoms with van der Waals surface area (Å²) < 4.78 is 26.8. The maximum absolute atomic E-state index is 12.3. The van der Waals surface area contributed by atoms with Crippen molar-refractivity contribution >= 4 is 33.2 Å². The van der Waals surface area contributed by atoms with Crippen molar-refractivity contribution in [2.75, 3.05) is 11.9 Å². The van der Waals surface area contributed by atoms with E-state index in [9.17, 15) is 13.2 Å². The first kappa shape index (κ1) is 19.4. The van der Waals surface area contributed by atoms with Gasteiger partial charge in [-0.25, -0.2) is 13.1 Å². The Morgan fingerprint density at radius 1 is 1.04 bits per heavy atom. The fraction of sp³-hybridized carbons (Fsp3) is 0.278. The molecule has 5 nitrogen and oxygen atoms in total. The van der Waals surface area contributed by atoms with Gasteiger partial charge in [-0.1, -0.05) is 62.7 Å². The molecule has 0 aliphatic rings. The number of sulfonamides is 1. The second-order valence-corrected chi connectivity index (χ2v) is 8.74. The third kappa shape index (κ3) is 5.04. The molecule has 0 saturated heterocycles. The van der Waals surface area contributed by atoms with E-state index in [1.54, 1.807) is 18.2 Å². The lowest BCUT2D eigenvalue weighted by atomic mass is 9.86. The molecule has 25 heavy (non-hydrogen) atoms. The molecule has 134 valence electrons. The molecule has 0 aliphatic carbocycles. The molecule has 0 aliphatic heterocycles. The number of anilines is 1. The van der Waals surface area contributed by atoms with E-state index in [1.807, 2.05) is 39.0 Å². The molecule has 0 heterocycles. The van der Waals surface area contributed by atoms with Crippen LogP contribution in [0.5, 0.6) is 0 Å². The summed E-state index contributed by atoms with van der Waals surface area (Å²) >= 11 is 5.91. The average molecular weight is 381 g/mol. The van der Waals surface area contributed by atoms with Crippen molar-refractivity contribution in [3.05, 3.63) is 59.1 Å². The fourth-order valence-corrected chi connectivity index (χ4v) is 3.84. The Morgan fingerprint density at radius 2 is 1.64 bits per heavy atom. The van der Waals surface area contributed by atoms with Crippen LogP contribution < -0.4 is 10.0 Å². The molecule has 2 aromatic rings. The number of carbonyl (C=O) groups is 1. The lowest BCUT2D eigenvalue weighted by Crippen LogP contribution is -2.33. The van der Waals surface area contributed by atoms with Gasteiger partial charge in [0.1, 0.15) is 4.90 Å². The number of hydrogen-bond donors (Lipinski definition) is 2. The van der Waals surface area contributed by atoms with E-state index >= 15 is 0 Å². The molecule has 2 rings (SSSR count). The molecule has 7 heteroatoms. The van der Waals surface area contributed by atoms with Gasteiger partial charge in [0.25, 0.3) is 0 Å². The molecule has 0 aromatic heterocycles. The highest BCUT2D eigenvalue weighted by molar-refractivity contribution is 7.89. The Balaban J connectivity index is 2.09. The van der Waals surface area contributed by atoms with Crippen molar-refractivity contribution in [2.24, 2.45) is 0 Å². The smallest absolute Gasteiger partial charge is 0.242 e. The Labute approximate surface area is 153 Å². The molecule has 2 aromatic carbocycles. The van der Waals surface area contributed by atoms with Gasteiger partial charge in [-0.3, -0.25) is 4.79 Å². The Bertz CT molecular complexity index is 874. The van der Waals surface area contributed by atoms with Gasteiger partial charge in [-0.05, 0) is 29.2 Å². The van der Waals surface area contributed by atoms with Crippen LogP contribution in [0.4, 0.5) is 5.69 Å². The van der Waals surface area contributed by atoms with Crippen LogP contribution in [-0.4, -0.2) is 20.9 Å². The second-order valence-electron chi connectivity index (χ2n) is 6.60. The molecular weight excluding hydrogens is 360 g/mol. The summed E-state index contributed by atoms with van der Waals surface area (Å²) in [5.74, 6) is -0.452. The molecule has 0 saturated carbocycles. The summed E-state index contributed by atoms with van der Waals surface area (Å²) in [7, 11) is -3.86. The van der Waals surface area contributed by atoms with Gasteiger partial charge in [0.05, 0.1) is 11.6 Å². The van der Waals surface area contributed by atoms with Gasteiger partial charge in [0.15, 0.2) is 0 Å². The highest BCUT2D eigenvalue weighted by Crippen LogP contribution is 2.29. The van der Waals surface area contributed by atoms with Gasteiger partial charge in [0.2, 0.25) is 15.9 Å². The van der Waals surface area contributed by atoms with Crippen molar-refractivity contribution < 1.29 is 13.2 Å². The quantitative estimate of drug-likeness (QED) is 0.832. The predicted octanol–water partition coefficient (Wildman–Crippen LogP) is 3.55. The Morgan fingerprint density at radius 3 is 2.28 bits per heavy atom. The van der Waals surface area contributed by atoms with Gasteiger partial charge in [-0.15, -0.1) is 0 Å². The van der Waals surface area contributed by atoms with E-state index in [0.29, 0.717) is 5.69 Å². The molecule has 0 atom stereocenters. The van der Waals surface area contributed by atoms with Gasteiger partial charge in [-0.2, -0.15) is 0 Å². The molecule has 2 N–H and O–H groups in total. The number of nitrogens with one attached hydrogen (secondary N) is 2. The maximum atomic E-state index is 12.3. The maximum Gasteiger partial charge on any atom is 0.242 e. The summed E-state index contributed by atoms with van der Waals surface area (Å²) in [4.78, 5) is 12.1. The van der Waals surface area contributed by atoms with Crippen LogP contribution in [0.3, 0.4) is 0 Å². The van der Waals surface area contributed by atoms with Crippen molar-refractivity contribution in [2.45, 2.75) is 31.1 Å². The molecule has 0 fully saturated rings. The van der Waals surface area contributed by atoms with Crippen molar-refractivity contribution in [1.29, 1.82) is 0 Å². The summed E-state index contributed by atoms with van der Waals surface area (Å²) in [6.07, 6.45) is 0. The number of hydrogen-bond acceptors (Lipinski definition) is 3. The zero-order chi connectivity index (χ0) is 18.7. The topological polar surface area (TPSA) is 75.3 Å². The first-order valence-electron chi connectivity index (χ1n) is 7.75. The van der Waals surface area contributed by atoms with Crippen LogP contribution in [0.15, 0.2) is 53.4 Å². The highest BCUT2D eigenvalue weighted by atomic mass is 35.5. The SMILES string of the molecule is CC(C)(C)c1ccccc1NC(=O)CNS(=O)(=O)c1ccccc1Cl. The molecule has 0 radical (unpaired) electrons. The fourth-order valence-electron chi connectivity index (χ4n) is 2.34. The van der Waals surface area contributed by atoms with Crippen molar-refractivity contribution in [3.63, 3.8) is 0 Å². The van der Waals surface area contributed by atoms with Crippen LogP contribution >= 0.6 is 11.6 Å². The normalized spacial score (nSPS) is 12.0. The summed E-state index contributed by atoms with van der Waals surface area (Å²) in [5.41, 5.74) is 1.48. The van der Waals surface area contributed by atoms with E-state index < -0.39 is 15.9 Å². The van der Waals surface area contributed by atoms with E-state index in [4.69, 9.17) is 11.6 Å². The minimum atomic E-state index is -3.86. The average Bonchev–Trinajstić information content (AvgIpc) is 2.53. The van der Waals surface area contributed by atoms with Crippen molar-refractivity contribution in [1.82, 2.24) is 4.72 Å². The minimum Gasteiger partial charge on any atom is -0.325 e. The summed E-state index contributed by atoms with van der Waals surface area (Å²) in [5, 5.41) is 2.86. The predicted molar refractivity (Wildman–Crippen MR) is 100 cm³/mol. The zero-order valence-corrected chi connectivity index (χ0v) is 15.9. The van der Waals surface area contributed by atoms with Gasteiger partial charge >= 0.3 is 0 Å². The zero-order valence-electron chi connectivity index (χ0n) is 14.3. The summed E-state index contributed by atoms with van der Waals surface area (Å²) in [6.45, 7) is 5.74. The number of carbonyl (C=O) groups excluding carboxylic acids is 1. The Kier molecular flexibility index (Phi) is 5.87. The lowest BCUT2D eigenvalue weighted by molar-refractivity contribution is -0.115. The van der Waals surface area contributed by atoms with Crippen LogP contribution in [0.2, 0.25) is 5.02 Å². The monoisotopic (exact) mass is 380 g/mol. The van der Waals surface area contributed by atoms with E-state index in [-0.39, 0.29) is 21.9 Å². The van der Waals surface area contributed by atoms with E-state index in [2.05, 4.69) is 10.0 Å². The third-order valence-electron chi connectivity index (χ3n) is 3.56. The van der Waals surface area contributed by atoms with Gasteiger partial charge in [0, 0.05) is 5.69 Å². The van der Waals surface area contributed by atoms with Crippen LogP contribution in [-0.2, 0) is 20.2 Å². The van der Waals surface area contributed by atoms with Crippen molar-refractivity contribution in [3.8, 4) is 0 Å². The second kappa shape index (κ2) is 7.56. The largest absolute Gasteiger partial charge is 0.325 e. The lowest BCUT2D eigenvalue weighted by Gasteiger charge is -2.23. The molecule has 0 spiro atoms. The molecule has 0 bridgehead atoms.